The Morgan fingerprint density at radius 1 is 1.35 bits per heavy atom. The van der Waals surface area contributed by atoms with Crippen molar-refractivity contribution in [2.45, 2.75) is 13.5 Å². The first-order chi connectivity index (χ1) is 8.22. The number of ether oxygens (including phenoxy) is 1. The largest absolute Gasteiger partial charge is 0.504 e. The van der Waals surface area contributed by atoms with Gasteiger partial charge in [-0.15, -0.1) is 0 Å². The van der Waals surface area contributed by atoms with Gasteiger partial charge in [-0.2, -0.15) is 0 Å². The monoisotopic (exact) mass is 236 g/mol. The van der Waals surface area contributed by atoms with Crippen LogP contribution in [-0.4, -0.2) is 43.3 Å². The normalized spacial score (nSPS) is 17.1. The SMILES string of the molecule is COc1c(O)ccc(C)c1CN1CCNCC1. The van der Waals surface area contributed by atoms with Crippen LogP contribution in [-0.2, 0) is 6.54 Å². The van der Waals surface area contributed by atoms with E-state index in [1.165, 1.54) is 0 Å². The van der Waals surface area contributed by atoms with Crippen LogP contribution in [0.4, 0.5) is 0 Å². The first-order valence-electron chi connectivity index (χ1n) is 6.01. The van der Waals surface area contributed by atoms with Gasteiger partial charge >= 0.3 is 0 Å². The van der Waals surface area contributed by atoms with E-state index in [0.29, 0.717) is 5.75 Å². The second-order valence-electron chi connectivity index (χ2n) is 4.44. The summed E-state index contributed by atoms with van der Waals surface area (Å²) in [5.41, 5.74) is 2.26. The van der Waals surface area contributed by atoms with Gasteiger partial charge in [0.1, 0.15) is 0 Å². The third-order valence-electron chi connectivity index (χ3n) is 3.27. The molecule has 1 fully saturated rings. The molecule has 0 amide bonds. The summed E-state index contributed by atoms with van der Waals surface area (Å²) < 4.78 is 5.31. The molecule has 0 bridgehead atoms. The Labute approximate surface area is 102 Å². The molecule has 17 heavy (non-hydrogen) atoms. The minimum atomic E-state index is 0.225. The first-order valence-corrected chi connectivity index (χ1v) is 6.01. The Hall–Kier alpha value is -1.26. The summed E-state index contributed by atoms with van der Waals surface area (Å²) in [5.74, 6) is 0.840. The Morgan fingerprint density at radius 2 is 2.06 bits per heavy atom. The number of aromatic hydroxyl groups is 1. The van der Waals surface area contributed by atoms with E-state index >= 15 is 0 Å². The zero-order valence-electron chi connectivity index (χ0n) is 10.5. The number of hydrogen-bond donors (Lipinski definition) is 2. The van der Waals surface area contributed by atoms with Gasteiger partial charge in [-0.3, -0.25) is 4.90 Å². The summed E-state index contributed by atoms with van der Waals surface area (Å²) in [6.07, 6.45) is 0. The quantitative estimate of drug-likeness (QED) is 0.825. The molecule has 0 atom stereocenters. The van der Waals surface area contributed by atoms with Gasteiger partial charge in [0.25, 0.3) is 0 Å². The van der Waals surface area contributed by atoms with E-state index in [1.54, 1.807) is 13.2 Å². The Bertz CT molecular complexity index is 387. The second kappa shape index (κ2) is 5.38. The number of aryl methyl sites for hydroxylation is 1. The molecule has 0 aromatic heterocycles. The molecular weight excluding hydrogens is 216 g/mol. The molecule has 2 N–H and O–H groups in total. The summed E-state index contributed by atoms with van der Waals surface area (Å²) in [7, 11) is 1.61. The van der Waals surface area contributed by atoms with E-state index < -0.39 is 0 Å². The minimum absolute atomic E-state index is 0.225. The summed E-state index contributed by atoms with van der Waals surface area (Å²) >= 11 is 0. The lowest BCUT2D eigenvalue weighted by Crippen LogP contribution is -2.43. The lowest BCUT2D eigenvalue weighted by molar-refractivity contribution is 0.229. The van der Waals surface area contributed by atoms with Crippen LogP contribution in [0.2, 0.25) is 0 Å². The second-order valence-corrected chi connectivity index (χ2v) is 4.44. The standard InChI is InChI=1S/C13H20N2O2/c1-10-3-4-12(16)13(17-2)11(10)9-15-7-5-14-6-8-15/h3-4,14,16H,5-9H2,1-2H3. The molecule has 4 nitrogen and oxygen atoms in total. The van der Waals surface area contributed by atoms with Gasteiger partial charge in [-0.05, 0) is 18.6 Å². The van der Waals surface area contributed by atoms with Crippen molar-refractivity contribution in [1.29, 1.82) is 0 Å². The highest BCUT2D eigenvalue weighted by Crippen LogP contribution is 2.33. The summed E-state index contributed by atoms with van der Waals surface area (Å²) in [4.78, 5) is 2.38. The Kier molecular flexibility index (Phi) is 3.86. The van der Waals surface area contributed by atoms with Crippen molar-refractivity contribution in [2.24, 2.45) is 0 Å². The van der Waals surface area contributed by atoms with Gasteiger partial charge in [0.15, 0.2) is 11.5 Å². The van der Waals surface area contributed by atoms with Gasteiger partial charge < -0.3 is 15.2 Å². The minimum Gasteiger partial charge on any atom is -0.504 e. The molecule has 0 unspecified atom stereocenters. The highest BCUT2D eigenvalue weighted by molar-refractivity contribution is 5.49. The maximum Gasteiger partial charge on any atom is 0.165 e. The smallest absolute Gasteiger partial charge is 0.165 e. The van der Waals surface area contributed by atoms with Crippen molar-refractivity contribution >= 4 is 0 Å². The molecule has 0 spiro atoms. The summed E-state index contributed by atoms with van der Waals surface area (Å²) in [6, 6.07) is 3.63. The number of rotatable bonds is 3. The zero-order valence-corrected chi connectivity index (χ0v) is 10.5. The van der Waals surface area contributed by atoms with Crippen LogP contribution in [0, 0.1) is 6.92 Å². The molecule has 1 aromatic carbocycles. The molecule has 0 radical (unpaired) electrons. The summed E-state index contributed by atoms with van der Waals surface area (Å²) in [6.45, 7) is 7.03. The number of methoxy groups -OCH3 is 1. The average Bonchev–Trinajstić information content (AvgIpc) is 2.35. The molecule has 2 rings (SSSR count). The predicted octanol–water partition coefficient (Wildman–Crippen LogP) is 1.11. The molecule has 1 aromatic rings. The van der Waals surface area contributed by atoms with Crippen LogP contribution < -0.4 is 10.1 Å². The fourth-order valence-electron chi connectivity index (χ4n) is 2.23. The fraction of sp³-hybridized carbons (Fsp3) is 0.538. The van der Waals surface area contributed by atoms with E-state index in [-0.39, 0.29) is 5.75 Å². The lowest BCUT2D eigenvalue weighted by Gasteiger charge is -2.28. The van der Waals surface area contributed by atoms with Crippen molar-refractivity contribution in [3.05, 3.63) is 23.3 Å². The molecule has 0 aliphatic carbocycles. The van der Waals surface area contributed by atoms with Gasteiger partial charge in [0.2, 0.25) is 0 Å². The van der Waals surface area contributed by atoms with Crippen molar-refractivity contribution < 1.29 is 9.84 Å². The number of benzene rings is 1. The van der Waals surface area contributed by atoms with Crippen molar-refractivity contribution in [3.8, 4) is 11.5 Å². The third kappa shape index (κ3) is 2.70. The number of phenolic OH excluding ortho intramolecular Hbond substituents is 1. The third-order valence-corrected chi connectivity index (χ3v) is 3.27. The fourth-order valence-corrected chi connectivity index (χ4v) is 2.23. The van der Waals surface area contributed by atoms with E-state index in [9.17, 15) is 5.11 Å². The van der Waals surface area contributed by atoms with Gasteiger partial charge in [-0.1, -0.05) is 6.07 Å². The van der Waals surface area contributed by atoms with E-state index in [2.05, 4.69) is 17.1 Å². The first kappa shape index (κ1) is 12.2. The zero-order chi connectivity index (χ0) is 12.3. The predicted molar refractivity (Wildman–Crippen MR) is 67.5 cm³/mol. The maximum absolute atomic E-state index is 9.79. The Balaban J connectivity index is 2.21. The number of nitrogens with one attached hydrogen (secondary N) is 1. The van der Waals surface area contributed by atoms with Crippen LogP contribution >= 0.6 is 0 Å². The number of piperazine rings is 1. The molecule has 1 heterocycles. The van der Waals surface area contributed by atoms with Crippen LogP contribution in [0.15, 0.2) is 12.1 Å². The molecular formula is C13H20N2O2. The molecule has 94 valence electrons. The van der Waals surface area contributed by atoms with Crippen molar-refractivity contribution in [1.82, 2.24) is 10.2 Å². The van der Waals surface area contributed by atoms with Crippen molar-refractivity contribution in [2.75, 3.05) is 33.3 Å². The number of phenols is 1. The molecule has 1 saturated heterocycles. The average molecular weight is 236 g/mol. The summed E-state index contributed by atoms with van der Waals surface area (Å²) in [5, 5.41) is 13.1. The van der Waals surface area contributed by atoms with Crippen molar-refractivity contribution in [3.63, 3.8) is 0 Å². The molecule has 4 heteroatoms. The lowest BCUT2D eigenvalue weighted by atomic mass is 10.1. The van der Waals surface area contributed by atoms with Crippen LogP contribution in [0.5, 0.6) is 11.5 Å². The van der Waals surface area contributed by atoms with E-state index in [4.69, 9.17) is 4.74 Å². The van der Waals surface area contributed by atoms with E-state index in [0.717, 1.165) is 43.9 Å². The topological polar surface area (TPSA) is 44.7 Å². The number of hydrogen-bond acceptors (Lipinski definition) is 4. The van der Waals surface area contributed by atoms with Crippen LogP contribution in [0.3, 0.4) is 0 Å². The van der Waals surface area contributed by atoms with Gasteiger partial charge in [0.05, 0.1) is 7.11 Å². The van der Waals surface area contributed by atoms with E-state index in [1.807, 2.05) is 6.07 Å². The molecule has 0 saturated carbocycles. The maximum atomic E-state index is 9.79. The highest BCUT2D eigenvalue weighted by Gasteiger charge is 2.16. The Morgan fingerprint density at radius 3 is 2.71 bits per heavy atom. The van der Waals surface area contributed by atoms with Gasteiger partial charge in [0, 0.05) is 38.3 Å². The van der Waals surface area contributed by atoms with Gasteiger partial charge in [-0.25, -0.2) is 0 Å². The van der Waals surface area contributed by atoms with Crippen LogP contribution in [0.25, 0.3) is 0 Å². The molecule has 1 aliphatic rings. The number of nitrogens with zero attached hydrogens (tertiary/aromatic N) is 1. The highest BCUT2D eigenvalue weighted by atomic mass is 16.5. The van der Waals surface area contributed by atoms with Crippen LogP contribution in [0.1, 0.15) is 11.1 Å². The molecule has 1 aliphatic heterocycles.